The zero-order chi connectivity index (χ0) is 11.5. The lowest BCUT2D eigenvalue weighted by atomic mass is 10.1. The first-order chi connectivity index (χ1) is 7.33. The van der Waals surface area contributed by atoms with Crippen LogP contribution in [0.1, 0.15) is 31.4 Å². The third-order valence-corrected chi connectivity index (χ3v) is 2.01. The van der Waals surface area contributed by atoms with E-state index in [9.17, 15) is 0 Å². The summed E-state index contributed by atoms with van der Waals surface area (Å²) in [6, 6.07) is 8.59. The monoisotopic (exact) mass is 208 g/mol. The second-order valence-electron chi connectivity index (χ2n) is 3.30. The number of nitrogens with one attached hydrogen (secondary N) is 1. The number of hydrogen-bond acceptors (Lipinski definition) is 2. The Balaban J connectivity index is 0.000000921. The Morgan fingerprint density at radius 2 is 1.73 bits per heavy atom. The van der Waals surface area contributed by atoms with E-state index < -0.39 is 0 Å². The molecule has 1 aromatic rings. The third kappa shape index (κ3) is 7.11. The Kier molecular flexibility index (Phi) is 9.13. The van der Waals surface area contributed by atoms with Crippen LogP contribution in [-0.2, 0) is 6.54 Å². The molecule has 0 amide bonds. The summed E-state index contributed by atoms with van der Waals surface area (Å²) in [5, 5.41) is 3.34. The van der Waals surface area contributed by atoms with E-state index in [0.29, 0.717) is 0 Å². The Bertz CT molecular complexity index is 229. The summed E-state index contributed by atoms with van der Waals surface area (Å²) in [5.74, 6) is 0. The fourth-order valence-corrected chi connectivity index (χ4v) is 1.17. The third-order valence-electron chi connectivity index (χ3n) is 2.01. The highest BCUT2D eigenvalue weighted by Crippen LogP contribution is 2.01. The maximum absolute atomic E-state index is 5.39. The smallest absolute Gasteiger partial charge is 0.0205 e. The molecule has 0 radical (unpaired) electrons. The van der Waals surface area contributed by atoms with Crippen molar-refractivity contribution in [2.75, 3.05) is 13.1 Å². The van der Waals surface area contributed by atoms with E-state index in [4.69, 9.17) is 5.73 Å². The van der Waals surface area contributed by atoms with Crippen molar-refractivity contribution in [1.29, 1.82) is 0 Å². The summed E-state index contributed by atoms with van der Waals surface area (Å²) in [4.78, 5) is 0. The summed E-state index contributed by atoms with van der Waals surface area (Å²) in [6.45, 7) is 8.82. The molecule has 0 aliphatic heterocycles. The second-order valence-corrected chi connectivity index (χ2v) is 3.30. The molecular weight excluding hydrogens is 184 g/mol. The van der Waals surface area contributed by atoms with E-state index in [1.807, 2.05) is 13.8 Å². The first-order valence-corrected chi connectivity index (χ1v) is 5.79. The summed E-state index contributed by atoms with van der Waals surface area (Å²) in [5.41, 5.74) is 8.03. The van der Waals surface area contributed by atoms with Crippen LogP contribution in [0.15, 0.2) is 24.3 Å². The molecule has 0 aliphatic rings. The largest absolute Gasteiger partial charge is 0.330 e. The van der Waals surface area contributed by atoms with Crippen LogP contribution in [-0.4, -0.2) is 13.1 Å². The maximum atomic E-state index is 5.39. The lowest BCUT2D eigenvalue weighted by Crippen LogP contribution is -2.17. The summed E-state index contributed by atoms with van der Waals surface area (Å²) in [7, 11) is 0. The van der Waals surface area contributed by atoms with Crippen molar-refractivity contribution in [3.05, 3.63) is 35.4 Å². The van der Waals surface area contributed by atoms with Crippen molar-refractivity contribution in [2.24, 2.45) is 5.73 Å². The van der Waals surface area contributed by atoms with Crippen LogP contribution >= 0.6 is 0 Å². The van der Waals surface area contributed by atoms with Gasteiger partial charge in [-0.3, -0.25) is 0 Å². The second kappa shape index (κ2) is 9.69. The molecule has 0 bridgehead atoms. The van der Waals surface area contributed by atoms with Gasteiger partial charge in [0.2, 0.25) is 0 Å². The van der Waals surface area contributed by atoms with E-state index in [0.717, 1.165) is 26.1 Å². The molecule has 1 aromatic carbocycles. The van der Waals surface area contributed by atoms with Gasteiger partial charge in [0.15, 0.2) is 0 Å². The van der Waals surface area contributed by atoms with Gasteiger partial charge in [0.25, 0.3) is 0 Å². The van der Waals surface area contributed by atoms with Crippen molar-refractivity contribution in [3.63, 3.8) is 0 Å². The molecule has 0 saturated heterocycles. The van der Waals surface area contributed by atoms with Gasteiger partial charge in [0.1, 0.15) is 0 Å². The highest BCUT2D eigenvalue weighted by Gasteiger charge is 1.90. The molecule has 0 heterocycles. The van der Waals surface area contributed by atoms with Crippen molar-refractivity contribution >= 4 is 0 Å². The SMILES string of the molecule is CC.Cc1ccc(CNCCCN)cc1. The highest BCUT2D eigenvalue weighted by atomic mass is 14.8. The van der Waals surface area contributed by atoms with Crippen LogP contribution in [0.5, 0.6) is 0 Å². The summed E-state index contributed by atoms with van der Waals surface area (Å²) < 4.78 is 0. The molecule has 0 aliphatic carbocycles. The fourth-order valence-electron chi connectivity index (χ4n) is 1.17. The molecule has 2 heteroatoms. The Morgan fingerprint density at radius 1 is 1.13 bits per heavy atom. The number of benzene rings is 1. The topological polar surface area (TPSA) is 38.0 Å². The number of aryl methyl sites for hydroxylation is 1. The van der Waals surface area contributed by atoms with E-state index in [1.54, 1.807) is 0 Å². The minimum Gasteiger partial charge on any atom is -0.330 e. The van der Waals surface area contributed by atoms with E-state index >= 15 is 0 Å². The Morgan fingerprint density at radius 3 is 2.27 bits per heavy atom. The molecule has 1 rings (SSSR count). The highest BCUT2D eigenvalue weighted by molar-refractivity contribution is 5.20. The van der Waals surface area contributed by atoms with Gasteiger partial charge in [0, 0.05) is 6.54 Å². The van der Waals surface area contributed by atoms with Gasteiger partial charge in [-0.25, -0.2) is 0 Å². The van der Waals surface area contributed by atoms with Crippen LogP contribution in [0.4, 0.5) is 0 Å². The fraction of sp³-hybridized carbons (Fsp3) is 0.538. The predicted octanol–water partition coefficient (Wildman–Crippen LogP) is 2.46. The Hall–Kier alpha value is -0.860. The molecule has 0 aromatic heterocycles. The lowest BCUT2D eigenvalue weighted by molar-refractivity contribution is 0.655. The zero-order valence-electron chi connectivity index (χ0n) is 10.2. The van der Waals surface area contributed by atoms with Crippen molar-refractivity contribution in [2.45, 2.75) is 33.7 Å². The molecule has 0 fully saturated rings. The van der Waals surface area contributed by atoms with Gasteiger partial charge in [-0.05, 0) is 32.0 Å². The van der Waals surface area contributed by atoms with Crippen molar-refractivity contribution < 1.29 is 0 Å². The molecule has 15 heavy (non-hydrogen) atoms. The van der Waals surface area contributed by atoms with Crippen LogP contribution in [0, 0.1) is 6.92 Å². The van der Waals surface area contributed by atoms with Crippen LogP contribution in [0.25, 0.3) is 0 Å². The van der Waals surface area contributed by atoms with Crippen LogP contribution < -0.4 is 11.1 Å². The maximum Gasteiger partial charge on any atom is 0.0205 e. The molecule has 0 atom stereocenters. The molecule has 86 valence electrons. The Labute approximate surface area is 93.9 Å². The molecular formula is C13H24N2. The standard InChI is InChI=1S/C11H18N2.C2H6/c1-10-3-5-11(6-4-10)9-13-8-2-7-12;1-2/h3-6,13H,2,7-9,12H2,1H3;1-2H3. The van der Waals surface area contributed by atoms with Gasteiger partial charge < -0.3 is 11.1 Å². The lowest BCUT2D eigenvalue weighted by Gasteiger charge is -2.03. The minimum absolute atomic E-state index is 0.765. The molecule has 0 unspecified atom stereocenters. The van der Waals surface area contributed by atoms with Gasteiger partial charge in [-0.1, -0.05) is 43.7 Å². The summed E-state index contributed by atoms with van der Waals surface area (Å²) >= 11 is 0. The van der Waals surface area contributed by atoms with E-state index in [-0.39, 0.29) is 0 Å². The number of rotatable bonds is 5. The van der Waals surface area contributed by atoms with Crippen LogP contribution in [0.3, 0.4) is 0 Å². The average molecular weight is 208 g/mol. The van der Waals surface area contributed by atoms with Crippen molar-refractivity contribution in [3.8, 4) is 0 Å². The molecule has 0 spiro atoms. The normalized spacial score (nSPS) is 9.33. The molecule has 2 nitrogen and oxygen atoms in total. The van der Waals surface area contributed by atoms with E-state index in [2.05, 4.69) is 36.5 Å². The van der Waals surface area contributed by atoms with Gasteiger partial charge >= 0.3 is 0 Å². The van der Waals surface area contributed by atoms with Crippen LogP contribution in [0.2, 0.25) is 0 Å². The van der Waals surface area contributed by atoms with Gasteiger partial charge in [-0.15, -0.1) is 0 Å². The number of hydrogen-bond donors (Lipinski definition) is 2. The zero-order valence-corrected chi connectivity index (χ0v) is 10.2. The quantitative estimate of drug-likeness (QED) is 0.729. The predicted molar refractivity (Wildman–Crippen MR) is 67.9 cm³/mol. The molecule has 3 N–H and O–H groups in total. The summed E-state index contributed by atoms with van der Waals surface area (Å²) in [6.07, 6.45) is 1.05. The first-order valence-electron chi connectivity index (χ1n) is 5.79. The molecule has 0 saturated carbocycles. The first kappa shape index (κ1) is 14.1. The minimum atomic E-state index is 0.765. The van der Waals surface area contributed by atoms with E-state index in [1.165, 1.54) is 11.1 Å². The number of nitrogens with two attached hydrogens (primary N) is 1. The average Bonchev–Trinajstić information content (AvgIpc) is 2.30. The van der Waals surface area contributed by atoms with Crippen molar-refractivity contribution in [1.82, 2.24) is 5.32 Å². The van der Waals surface area contributed by atoms with Gasteiger partial charge in [-0.2, -0.15) is 0 Å². The van der Waals surface area contributed by atoms with Gasteiger partial charge in [0.05, 0.1) is 0 Å².